The molecule has 0 saturated carbocycles. The van der Waals surface area contributed by atoms with Crippen LogP contribution in [0, 0.1) is 0 Å². The smallest absolute Gasteiger partial charge is 0.400 e. The van der Waals surface area contributed by atoms with E-state index in [9.17, 15) is 0 Å². The van der Waals surface area contributed by atoms with Crippen molar-refractivity contribution in [3.8, 4) is 0 Å². The fraction of sp³-hybridized carbons (Fsp3) is 1.00. The molecule has 0 radical (unpaired) electrons. The second-order valence-corrected chi connectivity index (χ2v) is 2.60. The van der Waals surface area contributed by atoms with Gasteiger partial charge >= 0.3 is 7.94 Å². The van der Waals surface area contributed by atoms with Gasteiger partial charge in [-0.3, -0.25) is 0 Å². The van der Waals surface area contributed by atoms with Crippen molar-refractivity contribution in [3.63, 3.8) is 0 Å². The van der Waals surface area contributed by atoms with Gasteiger partial charge in [0.05, 0.1) is 0 Å². The predicted octanol–water partition coefficient (Wildman–Crippen LogP) is -3.95. The van der Waals surface area contributed by atoms with E-state index in [2.05, 4.69) is 0 Å². The van der Waals surface area contributed by atoms with E-state index in [-0.39, 0.29) is 87.9 Å². The first-order valence-corrected chi connectivity index (χ1v) is 3.14. The first kappa shape index (κ1) is 80.4. The molecule has 0 bridgehead atoms. The van der Waals surface area contributed by atoms with Crippen LogP contribution in [0.5, 0.6) is 0 Å². The van der Waals surface area contributed by atoms with Crippen LogP contribution in [-0.4, -0.2) is 43.2 Å². The van der Waals surface area contributed by atoms with Gasteiger partial charge in [0.2, 0.25) is 0 Å². The monoisotopic (exact) mass is 401 g/mol. The summed E-state index contributed by atoms with van der Waals surface area (Å²) in [5.74, 6) is 0. The number of hydrogen-bond acceptors (Lipinski definition) is 3. The van der Waals surface area contributed by atoms with Crippen molar-refractivity contribution < 1.29 is 103 Å². The van der Waals surface area contributed by atoms with Crippen LogP contribution in [0.15, 0.2) is 0 Å². The van der Waals surface area contributed by atoms with Crippen LogP contribution < -0.4 is 0 Å². The predicted molar refractivity (Wildman–Crippen MR) is 34.0 cm³/mol. The van der Waals surface area contributed by atoms with Crippen LogP contribution in [0.4, 0.5) is 0 Å². The van der Waals surface area contributed by atoms with E-state index in [1.165, 1.54) is 0 Å². The molecule has 0 rings (SSSR count). The molecule has 7 nitrogen and oxygen atoms in total. The van der Waals surface area contributed by atoms with Crippen molar-refractivity contribution in [2.45, 2.75) is 0 Å². The maximum absolute atomic E-state index is 7.74. The van der Waals surface area contributed by atoms with Crippen molar-refractivity contribution in [2.24, 2.45) is 0 Å². The van der Waals surface area contributed by atoms with Crippen LogP contribution in [0.2, 0.25) is 0 Å². The first-order valence-electron chi connectivity index (χ1n) is 1.05. The zero-order valence-electron chi connectivity index (χ0n) is 6.05. The van der Waals surface area contributed by atoms with Gasteiger partial charge in [0, 0.05) is 66.0 Å². The molecule has 0 atom stereocenters. The minimum Gasteiger partial charge on any atom is -0.412 e. The fourth-order valence-corrected chi connectivity index (χ4v) is 0. The van der Waals surface area contributed by atoms with E-state index in [4.69, 9.17) is 14.7 Å². The molecule has 0 aliphatic rings. The molecule has 0 spiro atoms. The van der Waals surface area contributed by atoms with Crippen LogP contribution in [0.25, 0.3) is 0 Å². The summed E-state index contributed by atoms with van der Waals surface area (Å²) in [6, 6.07) is 0. The maximum Gasteiger partial charge on any atom is 0.400 e. The van der Waals surface area contributed by atoms with Gasteiger partial charge in [-0.15, -0.1) is 0 Å². The third-order valence-corrected chi connectivity index (χ3v) is 0. The van der Waals surface area contributed by atoms with Gasteiger partial charge in [0.25, 0.3) is 0 Å². The molecule has 0 unspecified atom stereocenters. The largest absolute Gasteiger partial charge is 0.412 e. The molecular weight excluding hydrogens is 390 g/mol. The molecule has 12 heteroatoms. The summed E-state index contributed by atoms with van der Waals surface area (Å²) in [4.78, 5) is 23.2. The number of rotatable bonds is 0. The van der Waals surface area contributed by atoms with Crippen LogP contribution in [-0.2, 0) is 66.0 Å². The van der Waals surface area contributed by atoms with Gasteiger partial charge in [-0.25, -0.2) is 0 Å². The normalized spacial score (nSPS) is 4.62. The van der Waals surface area contributed by atoms with Crippen molar-refractivity contribution in [3.05, 3.63) is 0 Å². The Balaban J connectivity index is -0.00000000286. The zero-order chi connectivity index (χ0) is 4.50. The van der Waals surface area contributed by atoms with Crippen LogP contribution in [0.1, 0.15) is 0 Å². The summed E-state index contributed by atoms with van der Waals surface area (Å²) in [7, 11) is -3.39. The third-order valence-electron chi connectivity index (χ3n) is 0. The van der Waals surface area contributed by atoms with Crippen molar-refractivity contribution in [1.29, 1.82) is 0 Å². The molecule has 0 aliphatic carbocycles. The zero-order valence-corrected chi connectivity index (χ0v) is 10.9. The van der Waals surface area contributed by atoms with Gasteiger partial charge in [0.15, 0.2) is 0 Å². The van der Waals surface area contributed by atoms with Gasteiger partial charge in [-0.1, -0.05) is 0 Å². The summed E-state index contributed by atoms with van der Waals surface area (Å²) >= 11 is 0. The standard InChI is InChI=1S/CH6O3P.4Ni.4H2O/c1-5(2,3)4;;;;;;;;/h2-4H,1H3;;;;;4*1H2/q+1;;;;;;;;. The molecule has 0 saturated heterocycles. The Morgan fingerprint density at radius 2 is 0.615 bits per heavy atom. The van der Waals surface area contributed by atoms with Crippen LogP contribution in [0.3, 0.4) is 0 Å². The van der Waals surface area contributed by atoms with E-state index >= 15 is 0 Å². The molecule has 0 aromatic heterocycles. The Kier molecular flexibility index (Phi) is 228. The summed E-state index contributed by atoms with van der Waals surface area (Å²) in [5.41, 5.74) is 0. The summed E-state index contributed by atoms with van der Waals surface area (Å²) < 4.78 is 0. The molecule has 104 valence electrons. The van der Waals surface area contributed by atoms with E-state index in [0.29, 0.717) is 0 Å². The average molecular weight is 404 g/mol. The minimum absolute atomic E-state index is 0. The van der Waals surface area contributed by atoms with E-state index < -0.39 is 7.94 Å². The van der Waals surface area contributed by atoms with E-state index in [1.54, 1.807) is 0 Å². The molecule has 0 heterocycles. The molecule has 0 amide bonds. The molecule has 0 fully saturated rings. The topological polar surface area (TPSA) is 187 Å². The summed E-state index contributed by atoms with van der Waals surface area (Å²) in [5, 5.41) is 0. The Bertz CT molecular complexity index is 36.0. The van der Waals surface area contributed by atoms with Crippen LogP contribution >= 0.6 is 7.94 Å². The van der Waals surface area contributed by atoms with E-state index in [1.807, 2.05) is 0 Å². The second kappa shape index (κ2) is 36.9. The quantitative estimate of drug-likeness (QED) is 0.275. The van der Waals surface area contributed by atoms with Crippen molar-refractivity contribution in [2.75, 3.05) is 6.66 Å². The second-order valence-electron chi connectivity index (χ2n) is 0.868. The molecule has 11 N–H and O–H groups in total. The molecule has 0 aromatic rings. The summed E-state index contributed by atoms with van der Waals surface area (Å²) in [6.45, 7) is 0.965. The van der Waals surface area contributed by atoms with Crippen molar-refractivity contribution >= 4 is 7.94 Å². The Labute approximate surface area is 117 Å². The molecule has 13 heavy (non-hydrogen) atoms. The Morgan fingerprint density at radius 3 is 0.615 bits per heavy atom. The third kappa shape index (κ3) is 460. The van der Waals surface area contributed by atoms with Gasteiger partial charge in [0.1, 0.15) is 6.66 Å². The Hall–Kier alpha value is 2.12. The number of hydrogen-bond donors (Lipinski definition) is 3. The Morgan fingerprint density at radius 1 is 0.615 bits per heavy atom. The maximum atomic E-state index is 7.74. The van der Waals surface area contributed by atoms with Gasteiger partial charge in [-0.2, -0.15) is 14.7 Å². The molecule has 0 aliphatic heterocycles. The van der Waals surface area contributed by atoms with Gasteiger partial charge < -0.3 is 21.9 Å². The molecular formula is CH14Ni4O7P+. The van der Waals surface area contributed by atoms with E-state index in [0.717, 1.165) is 6.66 Å². The SMILES string of the molecule is C[P+](O)(O)O.O.O.O.O.[Ni].[Ni].[Ni].[Ni]. The van der Waals surface area contributed by atoms with Gasteiger partial charge in [-0.05, 0) is 0 Å². The summed E-state index contributed by atoms with van der Waals surface area (Å²) in [6.07, 6.45) is 0. The first-order chi connectivity index (χ1) is 2.00. The average Bonchev–Trinajstić information content (AvgIpc) is 0.722. The minimum atomic E-state index is -3.39. The fourth-order valence-electron chi connectivity index (χ4n) is 0. The van der Waals surface area contributed by atoms with Crippen molar-refractivity contribution in [1.82, 2.24) is 0 Å². The molecule has 0 aromatic carbocycles.